The molecule has 2 heterocycles. The van der Waals surface area contributed by atoms with E-state index in [-0.39, 0.29) is 6.04 Å². The van der Waals surface area contributed by atoms with Gasteiger partial charge in [0.15, 0.2) is 0 Å². The minimum atomic E-state index is -3.36. The summed E-state index contributed by atoms with van der Waals surface area (Å²) in [5.74, 6) is 0. The third-order valence-electron chi connectivity index (χ3n) is 4.73. The van der Waals surface area contributed by atoms with Crippen molar-refractivity contribution in [2.24, 2.45) is 0 Å². The molecule has 2 N–H and O–H groups in total. The van der Waals surface area contributed by atoms with Crippen molar-refractivity contribution in [1.82, 2.24) is 19.2 Å². The summed E-state index contributed by atoms with van der Waals surface area (Å²) in [7, 11) is -1.48. The van der Waals surface area contributed by atoms with Gasteiger partial charge in [-0.25, -0.2) is 4.72 Å². The van der Waals surface area contributed by atoms with Gasteiger partial charge in [0, 0.05) is 31.7 Å². The molecule has 0 aliphatic carbocycles. The van der Waals surface area contributed by atoms with E-state index in [0.29, 0.717) is 19.1 Å². The molecular formula is C14H30N4O2S. The maximum Gasteiger partial charge on any atom is 0.279 e. The largest absolute Gasteiger partial charge is 0.318 e. The lowest BCUT2D eigenvalue weighted by Gasteiger charge is -2.35. The molecule has 7 heteroatoms. The zero-order chi connectivity index (χ0) is 15.3. The predicted molar refractivity (Wildman–Crippen MR) is 85.5 cm³/mol. The Kier molecular flexibility index (Phi) is 6.43. The summed E-state index contributed by atoms with van der Waals surface area (Å²) in [6, 6.07) is 0.449. The SMILES string of the molecule is CCN1CCCC1CNS(=O)(=O)N1CCCCC1CNC. The zero-order valence-corrected chi connectivity index (χ0v) is 14.2. The van der Waals surface area contributed by atoms with E-state index in [0.717, 1.165) is 45.3 Å². The van der Waals surface area contributed by atoms with Gasteiger partial charge in [0.05, 0.1) is 0 Å². The fourth-order valence-corrected chi connectivity index (χ4v) is 5.07. The van der Waals surface area contributed by atoms with Gasteiger partial charge in [0.25, 0.3) is 10.2 Å². The van der Waals surface area contributed by atoms with Gasteiger partial charge >= 0.3 is 0 Å². The second-order valence-electron chi connectivity index (χ2n) is 6.10. The van der Waals surface area contributed by atoms with E-state index < -0.39 is 10.2 Å². The van der Waals surface area contributed by atoms with Crippen LogP contribution in [0, 0.1) is 0 Å². The Balaban J connectivity index is 1.93. The summed E-state index contributed by atoms with van der Waals surface area (Å²) in [6.07, 6.45) is 5.30. The number of hydrogen-bond acceptors (Lipinski definition) is 4. The quantitative estimate of drug-likeness (QED) is 0.712. The van der Waals surface area contributed by atoms with E-state index in [1.807, 2.05) is 7.05 Å². The van der Waals surface area contributed by atoms with E-state index in [2.05, 4.69) is 21.9 Å². The Morgan fingerprint density at radius 3 is 2.52 bits per heavy atom. The normalized spacial score (nSPS) is 29.0. The molecule has 0 radical (unpaired) electrons. The van der Waals surface area contributed by atoms with Crippen LogP contribution in [0.5, 0.6) is 0 Å². The van der Waals surface area contributed by atoms with E-state index >= 15 is 0 Å². The molecule has 2 unspecified atom stereocenters. The number of nitrogens with zero attached hydrogens (tertiary/aromatic N) is 2. The third-order valence-corrected chi connectivity index (χ3v) is 6.36. The molecule has 2 aliphatic heterocycles. The van der Waals surface area contributed by atoms with Crippen molar-refractivity contribution in [2.75, 3.05) is 39.8 Å². The highest BCUT2D eigenvalue weighted by Gasteiger charge is 2.33. The molecule has 21 heavy (non-hydrogen) atoms. The molecule has 2 atom stereocenters. The Morgan fingerprint density at radius 1 is 1.05 bits per heavy atom. The highest BCUT2D eigenvalue weighted by molar-refractivity contribution is 7.87. The lowest BCUT2D eigenvalue weighted by molar-refractivity contribution is 0.239. The van der Waals surface area contributed by atoms with Crippen LogP contribution in [0.4, 0.5) is 0 Å². The van der Waals surface area contributed by atoms with Crippen LogP contribution in [-0.2, 0) is 10.2 Å². The summed E-state index contributed by atoms with van der Waals surface area (Å²) in [6.45, 7) is 6.14. The zero-order valence-electron chi connectivity index (χ0n) is 13.3. The molecule has 2 saturated heterocycles. The van der Waals surface area contributed by atoms with Crippen LogP contribution in [0.2, 0.25) is 0 Å². The first-order valence-corrected chi connectivity index (χ1v) is 9.67. The molecule has 0 amide bonds. The Morgan fingerprint density at radius 2 is 1.81 bits per heavy atom. The van der Waals surface area contributed by atoms with E-state index in [9.17, 15) is 8.42 Å². The average molecular weight is 318 g/mol. The van der Waals surface area contributed by atoms with E-state index in [4.69, 9.17) is 0 Å². The molecule has 0 spiro atoms. The van der Waals surface area contributed by atoms with E-state index in [1.165, 1.54) is 6.42 Å². The van der Waals surface area contributed by atoms with Gasteiger partial charge in [-0.3, -0.25) is 4.90 Å². The van der Waals surface area contributed by atoms with Crippen molar-refractivity contribution in [2.45, 2.75) is 51.1 Å². The molecule has 0 aromatic carbocycles. The summed E-state index contributed by atoms with van der Waals surface area (Å²) in [5, 5.41) is 3.11. The van der Waals surface area contributed by atoms with Crippen LogP contribution in [0.15, 0.2) is 0 Å². The van der Waals surface area contributed by atoms with E-state index in [1.54, 1.807) is 4.31 Å². The first kappa shape index (κ1) is 17.1. The van der Waals surface area contributed by atoms with Gasteiger partial charge < -0.3 is 5.32 Å². The summed E-state index contributed by atoms with van der Waals surface area (Å²) in [5.41, 5.74) is 0. The molecule has 6 nitrogen and oxygen atoms in total. The van der Waals surface area contributed by atoms with Crippen LogP contribution in [0.1, 0.15) is 39.0 Å². The lowest BCUT2D eigenvalue weighted by atomic mass is 10.1. The number of nitrogens with one attached hydrogen (secondary N) is 2. The first-order valence-electron chi connectivity index (χ1n) is 8.23. The van der Waals surface area contributed by atoms with Crippen molar-refractivity contribution >= 4 is 10.2 Å². The maximum absolute atomic E-state index is 12.6. The average Bonchev–Trinajstić information content (AvgIpc) is 2.93. The van der Waals surface area contributed by atoms with Gasteiger partial charge in [-0.05, 0) is 45.8 Å². The number of likely N-dealkylation sites (tertiary alicyclic amines) is 1. The predicted octanol–water partition coefficient (Wildman–Crippen LogP) is 0.379. The second kappa shape index (κ2) is 7.87. The Bertz CT molecular complexity index is 413. The smallest absolute Gasteiger partial charge is 0.279 e. The van der Waals surface area contributed by atoms with Crippen LogP contribution in [0.25, 0.3) is 0 Å². The summed E-state index contributed by atoms with van der Waals surface area (Å²) < 4.78 is 29.7. The topological polar surface area (TPSA) is 64.7 Å². The van der Waals surface area contributed by atoms with Gasteiger partial charge in [0.1, 0.15) is 0 Å². The lowest BCUT2D eigenvalue weighted by Crippen LogP contribution is -2.53. The summed E-state index contributed by atoms with van der Waals surface area (Å²) in [4.78, 5) is 2.36. The van der Waals surface area contributed by atoms with Crippen LogP contribution < -0.4 is 10.0 Å². The monoisotopic (exact) mass is 318 g/mol. The second-order valence-corrected chi connectivity index (χ2v) is 7.80. The molecule has 0 aromatic rings. The maximum atomic E-state index is 12.6. The van der Waals surface area contributed by atoms with Crippen LogP contribution in [-0.4, -0.2) is 69.5 Å². The van der Waals surface area contributed by atoms with Gasteiger partial charge in [-0.2, -0.15) is 12.7 Å². The highest BCUT2D eigenvalue weighted by Crippen LogP contribution is 2.20. The van der Waals surface area contributed by atoms with Gasteiger partial charge in [-0.1, -0.05) is 13.3 Å². The minimum Gasteiger partial charge on any atom is -0.318 e. The Hall–Kier alpha value is -0.210. The molecule has 124 valence electrons. The fraction of sp³-hybridized carbons (Fsp3) is 1.00. The molecule has 2 fully saturated rings. The van der Waals surface area contributed by atoms with Crippen LogP contribution in [0.3, 0.4) is 0 Å². The first-order chi connectivity index (χ1) is 10.1. The fourth-order valence-electron chi connectivity index (χ4n) is 3.56. The molecule has 0 aromatic heterocycles. The van der Waals surface area contributed by atoms with Crippen molar-refractivity contribution in [1.29, 1.82) is 0 Å². The number of hydrogen-bond donors (Lipinski definition) is 2. The van der Waals surface area contributed by atoms with Gasteiger partial charge in [-0.15, -0.1) is 0 Å². The van der Waals surface area contributed by atoms with Crippen molar-refractivity contribution in [3.8, 4) is 0 Å². The Labute approximate surface area is 129 Å². The summed E-state index contributed by atoms with van der Waals surface area (Å²) >= 11 is 0. The minimum absolute atomic E-state index is 0.0899. The standard InChI is InChI=1S/C14H30N4O2S/c1-3-17-9-6-8-13(17)12-16-21(19,20)18-10-5-4-7-14(18)11-15-2/h13-16H,3-12H2,1-2H3. The highest BCUT2D eigenvalue weighted by atomic mass is 32.2. The number of piperidine rings is 1. The number of likely N-dealkylation sites (N-methyl/N-ethyl adjacent to an activating group) is 2. The van der Waals surface area contributed by atoms with Crippen molar-refractivity contribution < 1.29 is 8.42 Å². The number of rotatable bonds is 7. The third kappa shape index (κ3) is 4.39. The van der Waals surface area contributed by atoms with Crippen LogP contribution >= 0.6 is 0 Å². The van der Waals surface area contributed by atoms with Crippen molar-refractivity contribution in [3.63, 3.8) is 0 Å². The van der Waals surface area contributed by atoms with Crippen molar-refractivity contribution in [3.05, 3.63) is 0 Å². The molecule has 0 bridgehead atoms. The molecule has 2 aliphatic rings. The molecule has 0 saturated carbocycles. The molecule has 2 rings (SSSR count). The van der Waals surface area contributed by atoms with Gasteiger partial charge in [0.2, 0.25) is 0 Å². The molecular weight excluding hydrogens is 288 g/mol.